The molecule has 1 saturated heterocycles. The molecule has 4 nitrogen and oxygen atoms in total. The standard InChI is InChI=1S/C4H7NO3/c5-2-1-8-3(2)4(6)7/h2-3H,1,5H2,(H,6,7)/t2-,3+/m1/s1. The number of nitrogens with two attached hydrogens (primary N) is 1. The highest BCUT2D eigenvalue weighted by atomic mass is 16.5. The van der Waals surface area contributed by atoms with Gasteiger partial charge in [-0.2, -0.15) is 0 Å². The molecule has 0 amide bonds. The number of carboxylic acids is 1. The van der Waals surface area contributed by atoms with Gasteiger partial charge in [-0.15, -0.1) is 0 Å². The summed E-state index contributed by atoms with van der Waals surface area (Å²) in [7, 11) is 0. The molecule has 1 fully saturated rings. The zero-order valence-electron chi connectivity index (χ0n) is 4.20. The van der Waals surface area contributed by atoms with Gasteiger partial charge in [0.15, 0.2) is 6.10 Å². The van der Waals surface area contributed by atoms with Gasteiger partial charge in [-0.05, 0) is 0 Å². The SMILES string of the molecule is N[C@@H]1CO[C@@H]1C(=O)O. The fraction of sp³-hybridized carbons (Fsp3) is 0.750. The van der Waals surface area contributed by atoms with E-state index in [-0.39, 0.29) is 6.04 Å². The second kappa shape index (κ2) is 1.72. The summed E-state index contributed by atoms with van der Waals surface area (Å²) in [6.45, 7) is 0.372. The second-order valence-corrected chi connectivity index (χ2v) is 1.76. The predicted molar refractivity (Wildman–Crippen MR) is 25.4 cm³/mol. The normalized spacial score (nSPS) is 36.1. The maximum Gasteiger partial charge on any atom is 0.334 e. The summed E-state index contributed by atoms with van der Waals surface area (Å²) >= 11 is 0. The van der Waals surface area contributed by atoms with Crippen LogP contribution in [0.15, 0.2) is 0 Å². The maximum atomic E-state index is 9.99. The van der Waals surface area contributed by atoms with Crippen LogP contribution in [-0.2, 0) is 9.53 Å². The van der Waals surface area contributed by atoms with Gasteiger partial charge in [0.1, 0.15) is 0 Å². The van der Waals surface area contributed by atoms with Crippen molar-refractivity contribution < 1.29 is 14.6 Å². The number of hydrogen-bond acceptors (Lipinski definition) is 3. The van der Waals surface area contributed by atoms with Crippen molar-refractivity contribution >= 4 is 5.97 Å². The van der Waals surface area contributed by atoms with Crippen LogP contribution in [0.5, 0.6) is 0 Å². The number of aliphatic carboxylic acids is 1. The Morgan fingerprint density at radius 3 is 2.50 bits per heavy atom. The molecule has 0 saturated carbocycles. The smallest absolute Gasteiger partial charge is 0.334 e. The predicted octanol–water partition coefficient (Wildman–Crippen LogP) is -1.20. The van der Waals surface area contributed by atoms with Gasteiger partial charge >= 0.3 is 5.97 Å². The van der Waals surface area contributed by atoms with Crippen molar-refractivity contribution in [3.63, 3.8) is 0 Å². The third-order valence-electron chi connectivity index (χ3n) is 1.10. The van der Waals surface area contributed by atoms with Crippen LogP contribution in [0.2, 0.25) is 0 Å². The molecule has 0 aromatic carbocycles. The molecule has 0 aromatic rings. The average Bonchev–Trinajstić information content (AvgIpc) is 1.61. The lowest BCUT2D eigenvalue weighted by atomic mass is 10.1. The molecule has 1 aliphatic rings. The summed E-state index contributed by atoms with van der Waals surface area (Å²) in [6.07, 6.45) is -0.755. The Kier molecular flexibility index (Phi) is 1.19. The monoisotopic (exact) mass is 117 g/mol. The van der Waals surface area contributed by atoms with Crippen LogP contribution in [-0.4, -0.2) is 29.8 Å². The lowest BCUT2D eigenvalue weighted by molar-refractivity contribution is -0.166. The van der Waals surface area contributed by atoms with Gasteiger partial charge in [-0.1, -0.05) is 0 Å². The lowest BCUT2D eigenvalue weighted by Crippen LogP contribution is -2.55. The van der Waals surface area contributed by atoms with Crippen LogP contribution in [0.25, 0.3) is 0 Å². The minimum Gasteiger partial charge on any atom is -0.479 e. The van der Waals surface area contributed by atoms with Crippen LogP contribution in [0.4, 0.5) is 0 Å². The van der Waals surface area contributed by atoms with E-state index >= 15 is 0 Å². The fourth-order valence-corrected chi connectivity index (χ4v) is 0.558. The van der Waals surface area contributed by atoms with Crippen molar-refractivity contribution in [1.29, 1.82) is 0 Å². The molecular formula is C4H7NO3. The van der Waals surface area contributed by atoms with Crippen molar-refractivity contribution in [2.24, 2.45) is 5.73 Å². The summed E-state index contributed by atoms with van der Waals surface area (Å²) in [5.41, 5.74) is 5.22. The largest absolute Gasteiger partial charge is 0.479 e. The molecule has 0 radical (unpaired) electrons. The van der Waals surface area contributed by atoms with Gasteiger partial charge in [-0.3, -0.25) is 0 Å². The van der Waals surface area contributed by atoms with E-state index in [2.05, 4.69) is 4.74 Å². The third-order valence-corrected chi connectivity index (χ3v) is 1.10. The molecular weight excluding hydrogens is 110 g/mol. The van der Waals surface area contributed by atoms with E-state index in [4.69, 9.17) is 10.8 Å². The Morgan fingerprint density at radius 2 is 2.50 bits per heavy atom. The van der Waals surface area contributed by atoms with E-state index in [1.54, 1.807) is 0 Å². The highest BCUT2D eigenvalue weighted by Crippen LogP contribution is 2.08. The Morgan fingerprint density at radius 1 is 1.88 bits per heavy atom. The van der Waals surface area contributed by atoms with Crippen molar-refractivity contribution in [2.75, 3.05) is 6.61 Å². The van der Waals surface area contributed by atoms with Gasteiger partial charge < -0.3 is 15.6 Å². The Balaban J connectivity index is 2.37. The quantitative estimate of drug-likeness (QED) is 0.452. The summed E-state index contributed by atoms with van der Waals surface area (Å²) in [5.74, 6) is -0.969. The Hall–Kier alpha value is -0.610. The topological polar surface area (TPSA) is 72.5 Å². The number of rotatable bonds is 1. The van der Waals surface area contributed by atoms with Gasteiger partial charge in [0.2, 0.25) is 0 Å². The Bertz CT molecular complexity index is 114. The number of carbonyl (C=O) groups is 1. The third kappa shape index (κ3) is 0.677. The molecule has 4 heteroatoms. The number of carboxylic acid groups (broad SMARTS) is 1. The molecule has 8 heavy (non-hydrogen) atoms. The Labute approximate surface area is 46.2 Å². The van der Waals surface area contributed by atoms with E-state index in [1.807, 2.05) is 0 Å². The molecule has 0 spiro atoms. The van der Waals surface area contributed by atoms with Crippen LogP contribution >= 0.6 is 0 Å². The first-order valence-corrected chi connectivity index (χ1v) is 2.32. The molecule has 0 aliphatic carbocycles. The van der Waals surface area contributed by atoms with E-state index in [1.165, 1.54) is 0 Å². The number of hydrogen-bond donors (Lipinski definition) is 2. The first kappa shape index (κ1) is 5.53. The van der Waals surface area contributed by atoms with Crippen molar-refractivity contribution in [3.05, 3.63) is 0 Å². The minimum atomic E-state index is -0.969. The zero-order chi connectivity index (χ0) is 6.15. The minimum absolute atomic E-state index is 0.299. The van der Waals surface area contributed by atoms with Crippen LogP contribution in [0, 0.1) is 0 Å². The summed E-state index contributed by atoms with van der Waals surface area (Å²) in [4.78, 5) is 9.99. The summed E-state index contributed by atoms with van der Waals surface area (Å²) in [6, 6.07) is -0.299. The second-order valence-electron chi connectivity index (χ2n) is 1.76. The van der Waals surface area contributed by atoms with Crippen molar-refractivity contribution in [2.45, 2.75) is 12.1 Å². The van der Waals surface area contributed by atoms with Crippen LogP contribution in [0.1, 0.15) is 0 Å². The summed E-state index contributed by atoms with van der Waals surface area (Å²) in [5, 5.41) is 8.20. The molecule has 0 unspecified atom stereocenters. The van der Waals surface area contributed by atoms with Crippen molar-refractivity contribution in [3.8, 4) is 0 Å². The molecule has 1 rings (SSSR count). The van der Waals surface area contributed by atoms with E-state index in [0.717, 1.165) is 0 Å². The molecule has 3 N–H and O–H groups in total. The highest BCUT2D eigenvalue weighted by molar-refractivity contribution is 5.74. The highest BCUT2D eigenvalue weighted by Gasteiger charge is 2.34. The van der Waals surface area contributed by atoms with Gasteiger partial charge in [0.05, 0.1) is 12.6 Å². The van der Waals surface area contributed by atoms with Gasteiger partial charge in [-0.25, -0.2) is 4.79 Å². The molecule has 0 bridgehead atoms. The average molecular weight is 117 g/mol. The zero-order valence-corrected chi connectivity index (χ0v) is 4.20. The first-order chi connectivity index (χ1) is 3.72. The van der Waals surface area contributed by atoms with Crippen LogP contribution < -0.4 is 5.73 Å². The van der Waals surface area contributed by atoms with Crippen LogP contribution in [0.3, 0.4) is 0 Å². The fourth-order valence-electron chi connectivity index (χ4n) is 0.558. The molecule has 2 atom stereocenters. The van der Waals surface area contributed by atoms with E-state index < -0.39 is 12.1 Å². The maximum absolute atomic E-state index is 9.99. The molecule has 1 heterocycles. The van der Waals surface area contributed by atoms with E-state index in [0.29, 0.717) is 6.61 Å². The lowest BCUT2D eigenvalue weighted by Gasteiger charge is -2.29. The van der Waals surface area contributed by atoms with Crippen molar-refractivity contribution in [1.82, 2.24) is 0 Å². The van der Waals surface area contributed by atoms with Gasteiger partial charge in [0, 0.05) is 0 Å². The molecule has 0 aromatic heterocycles. The number of ether oxygens (including phenoxy) is 1. The first-order valence-electron chi connectivity index (χ1n) is 2.32. The summed E-state index contributed by atoms with van der Waals surface area (Å²) < 4.78 is 4.58. The van der Waals surface area contributed by atoms with E-state index in [9.17, 15) is 4.79 Å². The van der Waals surface area contributed by atoms with Gasteiger partial charge in [0.25, 0.3) is 0 Å². The molecule has 46 valence electrons. The molecule has 1 aliphatic heterocycles.